The lowest BCUT2D eigenvalue weighted by Crippen LogP contribution is -2.46. The molecule has 0 saturated carbocycles. The molecule has 1 aliphatic rings. The zero-order valence-electron chi connectivity index (χ0n) is 12.3. The summed E-state index contributed by atoms with van der Waals surface area (Å²) in [6.07, 6.45) is 1.04. The Balaban J connectivity index is 2.01. The fourth-order valence-electron chi connectivity index (χ4n) is 2.44. The summed E-state index contributed by atoms with van der Waals surface area (Å²) in [5.41, 5.74) is 0.660. The maximum absolute atomic E-state index is 13.8. The van der Waals surface area contributed by atoms with Crippen molar-refractivity contribution >= 4 is 6.03 Å². The normalized spacial score (nSPS) is 15.5. The molecule has 1 aliphatic heterocycles. The molecule has 116 valence electrons. The quantitative estimate of drug-likeness (QED) is 0.927. The predicted octanol–water partition coefficient (Wildman–Crippen LogP) is 2.46. The zero-order chi connectivity index (χ0) is 15.4. The van der Waals surface area contributed by atoms with E-state index >= 15 is 0 Å². The highest BCUT2D eigenvalue weighted by molar-refractivity contribution is 5.74. The lowest BCUT2D eigenvalue weighted by atomic mass is 9.99. The second-order valence-electron chi connectivity index (χ2n) is 5.29. The second-order valence-corrected chi connectivity index (χ2v) is 5.29. The first-order valence-electron chi connectivity index (χ1n) is 7.03. The van der Waals surface area contributed by atoms with Gasteiger partial charge >= 0.3 is 6.03 Å². The third-order valence-corrected chi connectivity index (χ3v) is 3.71. The van der Waals surface area contributed by atoms with E-state index in [0.717, 1.165) is 12.1 Å². The van der Waals surface area contributed by atoms with Gasteiger partial charge in [0.2, 0.25) is 0 Å². The van der Waals surface area contributed by atoms with Crippen LogP contribution in [0.4, 0.5) is 13.6 Å². The molecule has 21 heavy (non-hydrogen) atoms. The fraction of sp³-hybridized carbons (Fsp3) is 0.533. The highest BCUT2D eigenvalue weighted by Gasteiger charge is 2.25. The molecule has 4 nitrogen and oxygen atoms in total. The molecule has 0 fully saturated rings. The van der Waals surface area contributed by atoms with Gasteiger partial charge in [-0.25, -0.2) is 13.6 Å². The zero-order valence-corrected chi connectivity index (χ0v) is 12.3. The smallest absolute Gasteiger partial charge is 0.317 e. The van der Waals surface area contributed by atoms with Crippen LogP contribution in [0, 0.1) is 11.6 Å². The number of carbonyl (C=O) groups is 1. The van der Waals surface area contributed by atoms with Gasteiger partial charge in [0.1, 0.15) is 11.6 Å². The SMILES string of the molecule is COCCC(C)NC(=O)N1CCc2c(F)ccc(F)c2C1. The van der Waals surface area contributed by atoms with Crippen LogP contribution in [-0.2, 0) is 17.7 Å². The summed E-state index contributed by atoms with van der Waals surface area (Å²) in [5, 5.41) is 2.84. The molecule has 1 aromatic carbocycles. The minimum atomic E-state index is -0.462. The molecule has 1 aromatic rings. The lowest BCUT2D eigenvalue weighted by Gasteiger charge is -2.30. The average molecular weight is 298 g/mol. The summed E-state index contributed by atoms with van der Waals surface area (Å²) in [4.78, 5) is 13.6. The number of amides is 2. The van der Waals surface area contributed by atoms with Crippen molar-refractivity contribution < 1.29 is 18.3 Å². The van der Waals surface area contributed by atoms with Gasteiger partial charge in [0.05, 0.1) is 6.54 Å². The van der Waals surface area contributed by atoms with E-state index in [4.69, 9.17) is 4.74 Å². The van der Waals surface area contributed by atoms with Crippen molar-refractivity contribution in [3.8, 4) is 0 Å². The minimum absolute atomic E-state index is 0.0313. The Labute approximate surface area is 123 Å². The maximum Gasteiger partial charge on any atom is 0.317 e. The van der Waals surface area contributed by atoms with Crippen LogP contribution in [0.5, 0.6) is 0 Å². The molecule has 0 bridgehead atoms. The van der Waals surface area contributed by atoms with E-state index in [1.54, 1.807) is 7.11 Å². The number of urea groups is 1. The van der Waals surface area contributed by atoms with Crippen LogP contribution in [0.25, 0.3) is 0 Å². The van der Waals surface area contributed by atoms with Crippen LogP contribution in [0.15, 0.2) is 12.1 Å². The van der Waals surface area contributed by atoms with E-state index < -0.39 is 11.6 Å². The van der Waals surface area contributed by atoms with E-state index in [-0.39, 0.29) is 24.2 Å². The Hall–Kier alpha value is -1.69. The van der Waals surface area contributed by atoms with E-state index in [2.05, 4.69) is 5.32 Å². The third kappa shape index (κ3) is 3.69. The van der Waals surface area contributed by atoms with Gasteiger partial charge in [-0.2, -0.15) is 0 Å². The summed E-state index contributed by atoms with van der Waals surface area (Å²) in [7, 11) is 1.60. The van der Waals surface area contributed by atoms with Crippen LogP contribution in [-0.4, -0.2) is 37.2 Å². The van der Waals surface area contributed by atoms with Crippen molar-refractivity contribution in [2.24, 2.45) is 0 Å². The number of benzene rings is 1. The Morgan fingerprint density at radius 1 is 1.38 bits per heavy atom. The first-order valence-corrected chi connectivity index (χ1v) is 7.03. The summed E-state index contributed by atoms with van der Waals surface area (Å²) >= 11 is 0. The van der Waals surface area contributed by atoms with Gasteiger partial charge in [-0.1, -0.05) is 0 Å². The van der Waals surface area contributed by atoms with Crippen molar-refractivity contribution in [3.05, 3.63) is 34.9 Å². The molecule has 1 heterocycles. The van der Waals surface area contributed by atoms with Crippen LogP contribution >= 0.6 is 0 Å². The topological polar surface area (TPSA) is 41.6 Å². The van der Waals surface area contributed by atoms with E-state index in [9.17, 15) is 13.6 Å². The summed E-state index contributed by atoms with van der Waals surface area (Å²) < 4.78 is 32.4. The molecule has 0 aromatic heterocycles. The van der Waals surface area contributed by atoms with Crippen molar-refractivity contribution in [2.45, 2.75) is 32.4 Å². The maximum atomic E-state index is 13.8. The van der Waals surface area contributed by atoms with E-state index in [1.165, 1.54) is 4.90 Å². The molecule has 0 aliphatic carbocycles. The summed E-state index contributed by atoms with van der Waals surface area (Å²) in [5.74, 6) is -0.865. The van der Waals surface area contributed by atoms with E-state index in [1.807, 2.05) is 6.92 Å². The number of halogens is 2. The molecule has 1 N–H and O–H groups in total. The number of fused-ring (bicyclic) bond motifs is 1. The standard InChI is InChI=1S/C15H20F2N2O2/c1-10(6-8-21-2)18-15(20)19-7-5-11-12(9-19)14(17)4-3-13(11)16/h3-4,10H,5-9H2,1-2H3,(H,18,20). The first kappa shape index (κ1) is 15.7. The Kier molecular flexibility index (Phi) is 5.12. The van der Waals surface area contributed by atoms with Gasteiger partial charge in [0.15, 0.2) is 0 Å². The Morgan fingerprint density at radius 2 is 2.05 bits per heavy atom. The van der Waals surface area contributed by atoms with Gasteiger partial charge in [-0.3, -0.25) is 0 Å². The molecule has 2 rings (SSSR count). The van der Waals surface area contributed by atoms with Crippen molar-refractivity contribution in [3.63, 3.8) is 0 Å². The molecular formula is C15H20F2N2O2. The van der Waals surface area contributed by atoms with Crippen LogP contribution in [0.2, 0.25) is 0 Å². The minimum Gasteiger partial charge on any atom is -0.385 e. The highest BCUT2D eigenvalue weighted by Crippen LogP contribution is 2.24. The number of hydrogen-bond acceptors (Lipinski definition) is 2. The predicted molar refractivity (Wildman–Crippen MR) is 75.0 cm³/mol. The number of methoxy groups -OCH3 is 1. The van der Waals surface area contributed by atoms with Crippen molar-refractivity contribution in [2.75, 3.05) is 20.3 Å². The summed E-state index contributed by atoms with van der Waals surface area (Å²) in [6.45, 7) is 2.93. The fourth-order valence-corrected chi connectivity index (χ4v) is 2.44. The van der Waals surface area contributed by atoms with Gasteiger partial charge < -0.3 is 15.0 Å². The summed E-state index contributed by atoms with van der Waals surface area (Å²) in [6, 6.07) is 1.96. The molecule has 0 spiro atoms. The molecule has 2 amide bonds. The largest absolute Gasteiger partial charge is 0.385 e. The monoisotopic (exact) mass is 298 g/mol. The Bertz CT molecular complexity index is 523. The number of ether oxygens (including phenoxy) is 1. The van der Waals surface area contributed by atoms with Crippen LogP contribution < -0.4 is 5.32 Å². The number of rotatable bonds is 4. The van der Waals surface area contributed by atoms with Gasteiger partial charge in [-0.05, 0) is 37.5 Å². The van der Waals surface area contributed by atoms with Crippen molar-refractivity contribution in [1.29, 1.82) is 0 Å². The average Bonchev–Trinajstić information content (AvgIpc) is 2.48. The highest BCUT2D eigenvalue weighted by atomic mass is 19.1. The Morgan fingerprint density at radius 3 is 2.71 bits per heavy atom. The molecule has 1 atom stereocenters. The van der Waals surface area contributed by atoms with Crippen LogP contribution in [0.3, 0.4) is 0 Å². The second kappa shape index (κ2) is 6.85. The van der Waals surface area contributed by atoms with Crippen LogP contribution in [0.1, 0.15) is 24.5 Å². The number of hydrogen-bond donors (Lipinski definition) is 1. The first-order chi connectivity index (χ1) is 10.0. The number of nitrogens with one attached hydrogen (secondary N) is 1. The number of nitrogens with zero attached hydrogens (tertiary/aromatic N) is 1. The number of carbonyl (C=O) groups excluding carboxylic acids is 1. The molecule has 0 saturated heterocycles. The van der Waals surface area contributed by atoms with Gasteiger partial charge in [0.25, 0.3) is 0 Å². The van der Waals surface area contributed by atoms with E-state index in [0.29, 0.717) is 31.6 Å². The third-order valence-electron chi connectivity index (χ3n) is 3.71. The lowest BCUT2D eigenvalue weighted by molar-refractivity contribution is 0.171. The molecule has 0 radical (unpaired) electrons. The molecule has 6 heteroatoms. The van der Waals surface area contributed by atoms with Gasteiger partial charge in [0, 0.05) is 31.9 Å². The van der Waals surface area contributed by atoms with Gasteiger partial charge in [-0.15, -0.1) is 0 Å². The molecular weight excluding hydrogens is 278 g/mol. The van der Waals surface area contributed by atoms with Crippen molar-refractivity contribution in [1.82, 2.24) is 10.2 Å². The molecule has 1 unspecified atom stereocenters.